The van der Waals surface area contributed by atoms with Gasteiger partial charge in [0.1, 0.15) is 17.3 Å². The molecular weight excluding hydrogens is 383 g/mol. The highest BCUT2D eigenvalue weighted by Crippen LogP contribution is 2.21. The third-order valence-electron chi connectivity index (χ3n) is 4.99. The molecule has 1 heterocycles. The Morgan fingerprint density at radius 3 is 2.40 bits per heavy atom. The number of benzene rings is 2. The lowest BCUT2D eigenvalue weighted by Gasteiger charge is -2.20. The van der Waals surface area contributed by atoms with Gasteiger partial charge in [-0.15, -0.1) is 0 Å². The van der Waals surface area contributed by atoms with Gasteiger partial charge in [-0.2, -0.15) is 0 Å². The fourth-order valence-electron chi connectivity index (χ4n) is 3.33. The van der Waals surface area contributed by atoms with Crippen LogP contribution in [0.25, 0.3) is 0 Å². The zero-order valence-corrected chi connectivity index (χ0v) is 17.7. The van der Waals surface area contributed by atoms with Gasteiger partial charge in [0.05, 0.1) is 0 Å². The fourth-order valence-corrected chi connectivity index (χ4v) is 3.33. The molecule has 1 amide bonds. The minimum Gasteiger partial charge on any atom is -0.457 e. The second-order valence-corrected chi connectivity index (χ2v) is 7.69. The molecule has 1 aliphatic rings. The van der Waals surface area contributed by atoms with Gasteiger partial charge in [-0.25, -0.2) is 4.39 Å². The lowest BCUT2D eigenvalue weighted by molar-refractivity contribution is -0.133. The number of halogens is 1. The number of guanidine groups is 1. The van der Waals surface area contributed by atoms with Crippen molar-refractivity contribution in [2.75, 3.05) is 20.1 Å². The number of likely N-dealkylation sites (tertiary alicyclic amines) is 1. The van der Waals surface area contributed by atoms with Crippen molar-refractivity contribution in [2.24, 2.45) is 10.9 Å². The molecular formula is C23H29FN4O2. The predicted molar refractivity (Wildman–Crippen MR) is 116 cm³/mol. The molecule has 2 aromatic rings. The van der Waals surface area contributed by atoms with E-state index in [9.17, 15) is 9.18 Å². The third-order valence-corrected chi connectivity index (χ3v) is 4.99. The van der Waals surface area contributed by atoms with Crippen LogP contribution in [0.4, 0.5) is 4.39 Å². The molecule has 1 fully saturated rings. The summed E-state index contributed by atoms with van der Waals surface area (Å²) in [5, 5.41) is 6.71. The summed E-state index contributed by atoms with van der Waals surface area (Å²) in [6.45, 7) is 5.95. The van der Waals surface area contributed by atoms with Crippen LogP contribution in [0.2, 0.25) is 0 Å². The molecule has 1 unspecified atom stereocenters. The van der Waals surface area contributed by atoms with E-state index in [0.717, 1.165) is 18.5 Å². The smallest absolute Gasteiger partial charge is 0.225 e. The lowest BCUT2D eigenvalue weighted by atomic mass is 10.2. The van der Waals surface area contributed by atoms with E-state index in [1.165, 1.54) is 12.1 Å². The largest absolute Gasteiger partial charge is 0.457 e. The first-order valence-electron chi connectivity index (χ1n) is 10.2. The van der Waals surface area contributed by atoms with Gasteiger partial charge >= 0.3 is 0 Å². The maximum absolute atomic E-state index is 13.0. The van der Waals surface area contributed by atoms with E-state index in [1.54, 1.807) is 19.2 Å². The number of rotatable bonds is 6. The number of nitrogens with one attached hydrogen (secondary N) is 2. The Balaban J connectivity index is 1.47. The van der Waals surface area contributed by atoms with Gasteiger partial charge in [-0.05, 0) is 48.4 Å². The number of carbonyl (C=O) groups excluding carboxylic acids is 1. The summed E-state index contributed by atoms with van der Waals surface area (Å²) in [6.07, 6.45) is 0.911. The molecule has 6 nitrogen and oxygen atoms in total. The van der Waals surface area contributed by atoms with Gasteiger partial charge < -0.3 is 20.3 Å². The SMILES string of the molecule is CN=C(NCc1ccc(Oc2ccc(F)cc2)cc1)NC1CCN(C(=O)C(C)C)C1. The third kappa shape index (κ3) is 5.95. The molecule has 0 radical (unpaired) electrons. The highest BCUT2D eigenvalue weighted by Gasteiger charge is 2.27. The van der Waals surface area contributed by atoms with Crippen molar-refractivity contribution < 1.29 is 13.9 Å². The Bertz CT molecular complexity index is 866. The summed E-state index contributed by atoms with van der Waals surface area (Å²) in [7, 11) is 1.74. The first-order chi connectivity index (χ1) is 14.4. The number of aliphatic imine (C=N–C) groups is 1. The highest BCUT2D eigenvalue weighted by atomic mass is 19.1. The number of hydrogen-bond donors (Lipinski definition) is 2. The van der Waals surface area contributed by atoms with Crippen LogP contribution in [-0.4, -0.2) is 42.9 Å². The first-order valence-corrected chi connectivity index (χ1v) is 10.2. The summed E-state index contributed by atoms with van der Waals surface area (Å²) < 4.78 is 18.7. The number of nitrogens with zero attached hydrogens (tertiary/aromatic N) is 2. The Hall–Kier alpha value is -3.09. The van der Waals surface area contributed by atoms with Crippen LogP contribution in [0.5, 0.6) is 11.5 Å². The Labute approximate surface area is 177 Å². The van der Waals surface area contributed by atoms with E-state index in [4.69, 9.17) is 4.74 Å². The second-order valence-electron chi connectivity index (χ2n) is 7.69. The molecule has 3 rings (SSSR count). The molecule has 160 valence electrons. The van der Waals surface area contributed by atoms with Crippen molar-refractivity contribution in [2.45, 2.75) is 32.9 Å². The molecule has 0 aliphatic carbocycles. The summed E-state index contributed by atoms with van der Waals surface area (Å²) in [5.41, 5.74) is 1.08. The van der Waals surface area contributed by atoms with Gasteiger partial charge in [0, 0.05) is 38.6 Å². The van der Waals surface area contributed by atoms with Gasteiger partial charge in [-0.3, -0.25) is 9.79 Å². The van der Waals surface area contributed by atoms with E-state index in [1.807, 2.05) is 43.0 Å². The summed E-state index contributed by atoms with van der Waals surface area (Å²) >= 11 is 0. The van der Waals surface area contributed by atoms with Crippen molar-refractivity contribution >= 4 is 11.9 Å². The molecule has 1 aliphatic heterocycles. The van der Waals surface area contributed by atoms with Crippen LogP contribution in [0.3, 0.4) is 0 Å². The topological polar surface area (TPSA) is 66.0 Å². The molecule has 0 bridgehead atoms. The van der Waals surface area contributed by atoms with E-state index in [-0.39, 0.29) is 23.7 Å². The van der Waals surface area contributed by atoms with E-state index in [0.29, 0.717) is 30.5 Å². The molecule has 2 N–H and O–H groups in total. The van der Waals surface area contributed by atoms with E-state index >= 15 is 0 Å². The van der Waals surface area contributed by atoms with E-state index < -0.39 is 0 Å². The maximum atomic E-state index is 13.0. The normalized spacial score (nSPS) is 16.6. The Kier molecular flexibility index (Phi) is 7.27. The predicted octanol–water partition coefficient (Wildman–Crippen LogP) is 3.54. The summed E-state index contributed by atoms with van der Waals surface area (Å²) in [4.78, 5) is 18.3. The minimum atomic E-state index is -0.289. The number of ether oxygens (including phenoxy) is 1. The monoisotopic (exact) mass is 412 g/mol. The van der Waals surface area contributed by atoms with Crippen LogP contribution >= 0.6 is 0 Å². The maximum Gasteiger partial charge on any atom is 0.225 e. The minimum absolute atomic E-state index is 0.0243. The molecule has 7 heteroatoms. The zero-order valence-electron chi connectivity index (χ0n) is 17.7. The second kappa shape index (κ2) is 10.1. The number of amides is 1. The fraction of sp³-hybridized carbons (Fsp3) is 0.391. The van der Waals surface area contributed by atoms with Crippen molar-refractivity contribution in [3.05, 3.63) is 59.9 Å². The zero-order chi connectivity index (χ0) is 21.5. The van der Waals surface area contributed by atoms with Crippen molar-refractivity contribution in [3.8, 4) is 11.5 Å². The molecule has 1 atom stereocenters. The average molecular weight is 413 g/mol. The van der Waals surface area contributed by atoms with Gasteiger partial charge in [-0.1, -0.05) is 26.0 Å². The molecule has 1 saturated heterocycles. The van der Waals surface area contributed by atoms with E-state index in [2.05, 4.69) is 15.6 Å². The Morgan fingerprint density at radius 2 is 1.80 bits per heavy atom. The molecule has 0 aromatic heterocycles. The van der Waals surface area contributed by atoms with Crippen molar-refractivity contribution in [1.29, 1.82) is 0 Å². The number of carbonyl (C=O) groups is 1. The standard InChI is InChI=1S/C23H29FN4O2/c1-16(2)22(29)28-13-12-19(15-28)27-23(25-3)26-14-17-4-8-20(9-5-17)30-21-10-6-18(24)7-11-21/h4-11,16,19H,12-15H2,1-3H3,(H2,25,26,27). The first kappa shape index (κ1) is 21.6. The van der Waals surface area contributed by atoms with Crippen LogP contribution < -0.4 is 15.4 Å². The molecule has 0 spiro atoms. The average Bonchev–Trinajstić information content (AvgIpc) is 3.21. The summed E-state index contributed by atoms with van der Waals surface area (Å²) in [6, 6.07) is 13.8. The van der Waals surface area contributed by atoms with Crippen LogP contribution in [0.15, 0.2) is 53.5 Å². The summed E-state index contributed by atoms with van der Waals surface area (Å²) in [5.74, 6) is 1.93. The Morgan fingerprint density at radius 1 is 1.17 bits per heavy atom. The van der Waals surface area contributed by atoms with Crippen LogP contribution in [0, 0.1) is 11.7 Å². The highest BCUT2D eigenvalue weighted by molar-refractivity contribution is 5.81. The van der Waals surface area contributed by atoms with Gasteiger partial charge in [0.15, 0.2) is 5.96 Å². The van der Waals surface area contributed by atoms with Crippen molar-refractivity contribution in [1.82, 2.24) is 15.5 Å². The molecule has 30 heavy (non-hydrogen) atoms. The van der Waals surface area contributed by atoms with Gasteiger partial charge in [0.25, 0.3) is 0 Å². The molecule has 0 saturated carbocycles. The van der Waals surface area contributed by atoms with Crippen LogP contribution in [-0.2, 0) is 11.3 Å². The lowest BCUT2D eigenvalue weighted by Crippen LogP contribution is -2.45. The molecule has 2 aromatic carbocycles. The van der Waals surface area contributed by atoms with Gasteiger partial charge in [0.2, 0.25) is 5.91 Å². The quantitative estimate of drug-likeness (QED) is 0.563. The van der Waals surface area contributed by atoms with Crippen molar-refractivity contribution in [3.63, 3.8) is 0 Å². The van der Waals surface area contributed by atoms with Crippen LogP contribution in [0.1, 0.15) is 25.8 Å². The number of hydrogen-bond acceptors (Lipinski definition) is 3.